The summed E-state index contributed by atoms with van der Waals surface area (Å²) in [7, 11) is 1.68. The van der Waals surface area contributed by atoms with Gasteiger partial charge in [-0.05, 0) is 33.6 Å². The lowest BCUT2D eigenvalue weighted by atomic mass is 10.7. The SMILES string of the molecule is CCOc1nn(CC)c(=O)n1C1CC1.CCn1ncn(C)c1=O. The van der Waals surface area contributed by atoms with Gasteiger partial charge in [0.1, 0.15) is 6.33 Å². The minimum Gasteiger partial charge on any atom is -0.464 e. The quantitative estimate of drug-likeness (QED) is 0.794. The van der Waals surface area contributed by atoms with E-state index in [2.05, 4.69) is 10.2 Å². The van der Waals surface area contributed by atoms with Crippen molar-refractivity contribution in [3.8, 4) is 6.01 Å². The van der Waals surface area contributed by atoms with Crippen molar-refractivity contribution in [3.63, 3.8) is 0 Å². The molecule has 0 amide bonds. The lowest BCUT2D eigenvalue weighted by Crippen LogP contribution is -2.23. The van der Waals surface area contributed by atoms with Crippen molar-refractivity contribution in [1.29, 1.82) is 0 Å². The summed E-state index contributed by atoms with van der Waals surface area (Å²) in [6, 6.07) is 0.797. The molecule has 0 aliphatic heterocycles. The molecule has 1 aliphatic rings. The molecular formula is C14H24N6O3. The van der Waals surface area contributed by atoms with Crippen LogP contribution in [0.25, 0.3) is 0 Å². The Hall–Kier alpha value is -2.32. The zero-order valence-electron chi connectivity index (χ0n) is 14.1. The summed E-state index contributed by atoms with van der Waals surface area (Å²) in [4.78, 5) is 22.6. The molecule has 0 N–H and O–H groups in total. The van der Waals surface area contributed by atoms with Gasteiger partial charge >= 0.3 is 17.4 Å². The summed E-state index contributed by atoms with van der Waals surface area (Å²) >= 11 is 0. The minimum atomic E-state index is -0.0579. The second-order valence-electron chi connectivity index (χ2n) is 5.26. The van der Waals surface area contributed by atoms with Crippen LogP contribution < -0.4 is 16.1 Å². The zero-order valence-corrected chi connectivity index (χ0v) is 14.1. The maximum Gasteiger partial charge on any atom is 0.348 e. The van der Waals surface area contributed by atoms with Crippen molar-refractivity contribution >= 4 is 0 Å². The normalized spacial score (nSPS) is 13.6. The van der Waals surface area contributed by atoms with Crippen LogP contribution in [-0.2, 0) is 20.1 Å². The Labute approximate surface area is 134 Å². The fraction of sp³-hybridized carbons (Fsp3) is 0.714. The summed E-state index contributed by atoms with van der Waals surface area (Å²) in [5, 5.41) is 7.93. The second kappa shape index (κ2) is 7.30. The van der Waals surface area contributed by atoms with Gasteiger partial charge in [-0.15, -0.1) is 5.10 Å². The molecule has 23 heavy (non-hydrogen) atoms. The van der Waals surface area contributed by atoms with Crippen molar-refractivity contribution in [1.82, 2.24) is 28.7 Å². The molecule has 2 heterocycles. The summed E-state index contributed by atoms with van der Waals surface area (Å²) in [6.07, 6.45) is 3.64. The molecule has 0 saturated heterocycles. The van der Waals surface area contributed by atoms with Gasteiger partial charge in [0.2, 0.25) is 0 Å². The first-order chi connectivity index (χ1) is 11.0. The highest BCUT2D eigenvalue weighted by atomic mass is 16.5. The van der Waals surface area contributed by atoms with Gasteiger partial charge in [0.05, 0.1) is 6.61 Å². The smallest absolute Gasteiger partial charge is 0.348 e. The number of hydrogen-bond acceptors (Lipinski definition) is 5. The Morgan fingerprint density at radius 2 is 1.78 bits per heavy atom. The fourth-order valence-corrected chi connectivity index (χ4v) is 2.12. The molecule has 0 radical (unpaired) electrons. The van der Waals surface area contributed by atoms with E-state index in [1.807, 2.05) is 20.8 Å². The standard InChI is InChI=1S/C9H15N3O2.C5H9N3O/c1-3-11-9(13)12(7-5-6-7)8(10-11)14-4-2;1-3-8-5(9)7(2)4-6-8/h7H,3-6H2,1-2H3;4H,3H2,1-2H3. The Bertz CT molecular complexity index is 749. The van der Waals surface area contributed by atoms with Crippen LogP contribution in [0.15, 0.2) is 15.9 Å². The van der Waals surface area contributed by atoms with Crippen LogP contribution in [0, 0.1) is 0 Å². The summed E-state index contributed by atoms with van der Waals surface area (Å²) in [6.45, 7) is 7.47. The topological polar surface area (TPSA) is 88.9 Å². The number of hydrogen-bond donors (Lipinski definition) is 0. The molecule has 1 aliphatic carbocycles. The van der Waals surface area contributed by atoms with Crippen LogP contribution in [-0.4, -0.2) is 35.3 Å². The van der Waals surface area contributed by atoms with Crippen LogP contribution in [0.1, 0.15) is 39.7 Å². The van der Waals surface area contributed by atoms with Gasteiger partial charge in [0, 0.05) is 26.2 Å². The largest absolute Gasteiger partial charge is 0.464 e. The van der Waals surface area contributed by atoms with E-state index in [9.17, 15) is 9.59 Å². The van der Waals surface area contributed by atoms with E-state index in [4.69, 9.17) is 4.74 Å². The van der Waals surface area contributed by atoms with Crippen LogP contribution in [0.3, 0.4) is 0 Å². The Morgan fingerprint density at radius 3 is 2.17 bits per heavy atom. The minimum absolute atomic E-state index is 0.0431. The molecule has 0 atom stereocenters. The van der Waals surface area contributed by atoms with E-state index in [1.165, 1.54) is 20.3 Å². The molecular weight excluding hydrogens is 300 g/mol. The molecule has 1 fully saturated rings. The number of ether oxygens (including phenoxy) is 1. The van der Waals surface area contributed by atoms with Crippen molar-refractivity contribution in [2.45, 2.75) is 52.7 Å². The fourth-order valence-electron chi connectivity index (χ4n) is 2.12. The van der Waals surface area contributed by atoms with Crippen molar-refractivity contribution in [2.75, 3.05) is 6.61 Å². The molecule has 9 heteroatoms. The van der Waals surface area contributed by atoms with Gasteiger partial charge in [-0.1, -0.05) is 0 Å². The number of rotatable bonds is 5. The Morgan fingerprint density at radius 1 is 1.13 bits per heavy atom. The Kier molecular flexibility index (Phi) is 5.41. The van der Waals surface area contributed by atoms with Gasteiger partial charge in [-0.3, -0.25) is 4.57 Å². The zero-order chi connectivity index (χ0) is 17.0. The number of aromatic nitrogens is 6. The van der Waals surface area contributed by atoms with Crippen LogP contribution in [0.2, 0.25) is 0 Å². The average Bonchev–Trinajstić information content (AvgIpc) is 3.26. The van der Waals surface area contributed by atoms with Crippen LogP contribution in [0.4, 0.5) is 0 Å². The maximum atomic E-state index is 11.8. The van der Waals surface area contributed by atoms with Gasteiger partial charge in [-0.25, -0.2) is 23.5 Å². The van der Waals surface area contributed by atoms with E-state index in [1.54, 1.807) is 11.6 Å². The van der Waals surface area contributed by atoms with E-state index in [0.717, 1.165) is 12.8 Å². The molecule has 0 aromatic carbocycles. The average molecular weight is 324 g/mol. The highest BCUT2D eigenvalue weighted by molar-refractivity contribution is 5.01. The maximum absolute atomic E-state index is 11.8. The summed E-state index contributed by atoms with van der Waals surface area (Å²) < 4.78 is 11.3. The molecule has 128 valence electrons. The highest BCUT2D eigenvalue weighted by Crippen LogP contribution is 2.35. The lowest BCUT2D eigenvalue weighted by Gasteiger charge is -2.02. The van der Waals surface area contributed by atoms with Crippen LogP contribution in [0.5, 0.6) is 6.01 Å². The van der Waals surface area contributed by atoms with Crippen molar-refractivity contribution in [3.05, 3.63) is 27.3 Å². The van der Waals surface area contributed by atoms with Crippen molar-refractivity contribution in [2.24, 2.45) is 7.05 Å². The number of nitrogens with zero attached hydrogens (tertiary/aromatic N) is 6. The van der Waals surface area contributed by atoms with Gasteiger partial charge in [0.25, 0.3) is 0 Å². The molecule has 1 saturated carbocycles. The van der Waals surface area contributed by atoms with E-state index in [0.29, 0.717) is 31.7 Å². The van der Waals surface area contributed by atoms with E-state index < -0.39 is 0 Å². The molecule has 0 bridgehead atoms. The predicted molar refractivity (Wildman–Crippen MR) is 84.7 cm³/mol. The van der Waals surface area contributed by atoms with Gasteiger partial charge < -0.3 is 4.74 Å². The van der Waals surface area contributed by atoms with Crippen LogP contribution >= 0.6 is 0 Å². The summed E-state index contributed by atoms with van der Waals surface area (Å²) in [5.74, 6) is 0. The lowest BCUT2D eigenvalue weighted by molar-refractivity contribution is 0.293. The van der Waals surface area contributed by atoms with Crippen molar-refractivity contribution < 1.29 is 4.74 Å². The Balaban J connectivity index is 0.000000185. The predicted octanol–water partition coefficient (Wildman–Crippen LogP) is 0.400. The van der Waals surface area contributed by atoms with E-state index in [-0.39, 0.29) is 11.4 Å². The molecule has 3 rings (SSSR count). The third kappa shape index (κ3) is 3.72. The first-order valence-corrected chi connectivity index (χ1v) is 7.93. The monoisotopic (exact) mass is 324 g/mol. The second-order valence-corrected chi connectivity index (χ2v) is 5.26. The molecule has 0 spiro atoms. The molecule has 0 unspecified atom stereocenters. The van der Waals surface area contributed by atoms with Gasteiger partial charge in [0.15, 0.2) is 0 Å². The third-order valence-electron chi connectivity index (χ3n) is 3.51. The molecule has 2 aromatic rings. The number of aryl methyl sites for hydroxylation is 3. The molecule has 2 aromatic heterocycles. The first-order valence-electron chi connectivity index (χ1n) is 7.93. The van der Waals surface area contributed by atoms with E-state index >= 15 is 0 Å². The third-order valence-corrected chi connectivity index (χ3v) is 3.51. The van der Waals surface area contributed by atoms with Gasteiger partial charge in [-0.2, -0.15) is 5.10 Å². The highest BCUT2D eigenvalue weighted by Gasteiger charge is 2.30. The first kappa shape index (κ1) is 17.0. The summed E-state index contributed by atoms with van der Waals surface area (Å²) in [5.41, 5.74) is -0.101. The molecule has 9 nitrogen and oxygen atoms in total.